The monoisotopic (exact) mass is 392 g/mol. The smallest absolute Gasteiger partial charge is 0.398 e. The van der Waals surface area contributed by atoms with Crippen LogP contribution in [0.3, 0.4) is 0 Å². The van der Waals surface area contributed by atoms with Gasteiger partial charge in [0, 0.05) is 22.5 Å². The van der Waals surface area contributed by atoms with Crippen molar-refractivity contribution in [3.05, 3.63) is 22.2 Å². The fourth-order valence-corrected chi connectivity index (χ4v) is 3.90. The van der Waals surface area contributed by atoms with Crippen molar-refractivity contribution in [3.63, 3.8) is 0 Å². The molecule has 0 radical (unpaired) electrons. The van der Waals surface area contributed by atoms with Crippen molar-refractivity contribution in [1.29, 1.82) is 0 Å². The van der Waals surface area contributed by atoms with Gasteiger partial charge in [-0.1, -0.05) is 15.9 Å². The minimum Gasteiger partial charge on any atom is -0.398 e. The number of hydrogen-bond acceptors (Lipinski definition) is 4. The number of halogens is 4. The van der Waals surface area contributed by atoms with Crippen LogP contribution < -0.4 is 10.5 Å². The Morgan fingerprint density at radius 1 is 1.40 bits per heavy atom. The standard InChI is InChI=1S/C10H12BrF3N2O2S2/c1-6-8(15)4-7(11)5-9(6)20(17,18)16-2-3-19-10(12,13)14/h4-5,16H,2-3,15H2,1H3. The van der Waals surface area contributed by atoms with E-state index in [1.165, 1.54) is 13.0 Å². The van der Waals surface area contributed by atoms with Crippen LogP contribution in [-0.4, -0.2) is 26.2 Å². The predicted octanol–water partition coefficient (Wildman–Crippen LogP) is 2.87. The molecule has 4 nitrogen and oxygen atoms in total. The molecule has 0 bridgehead atoms. The third-order valence-corrected chi connectivity index (χ3v) is 5.10. The van der Waals surface area contributed by atoms with Gasteiger partial charge >= 0.3 is 5.51 Å². The van der Waals surface area contributed by atoms with Crippen LogP contribution in [-0.2, 0) is 10.0 Å². The maximum Gasteiger partial charge on any atom is 0.441 e. The van der Waals surface area contributed by atoms with E-state index in [4.69, 9.17) is 5.73 Å². The molecule has 1 rings (SSSR count). The number of hydrogen-bond donors (Lipinski definition) is 2. The second-order valence-corrected chi connectivity index (χ2v) is 7.62. The predicted molar refractivity (Wildman–Crippen MR) is 77.0 cm³/mol. The molecule has 0 atom stereocenters. The Morgan fingerprint density at radius 3 is 2.55 bits per heavy atom. The lowest BCUT2D eigenvalue weighted by Gasteiger charge is -2.12. The van der Waals surface area contributed by atoms with E-state index in [0.717, 1.165) is 0 Å². The number of nitrogens with one attached hydrogen (secondary N) is 1. The quantitative estimate of drug-likeness (QED) is 0.596. The molecule has 10 heteroatoms. The van der Waals surface area contributed by atoms with E-state index < -0.39 is 21.3 Å². The van der Waals surface area contributed by atoms with Crippen molar-refractivity contribution in [2.75, 3.05) is 18.0 Å². The summed E-state index contributed by atoms with van der Waals surface area (Å²) in [6.45, 7) is 1.21. The van der Waals surface area contributed by atoms with Crippen molar-refractivity contribution in [2.24, 2.45) is 0 Å². The van der Waals surface area contributed by atoms with Gasteiger partial charge in [-0.2, -0.15) is 13.2 Å². The van der Waals surface area contributed by atoms with E-state index in [0.29, 0.717) is 10.0 Å². The summed E-state index contributed by atoms with van der Waals surface area (Å²) in [6, 6.07) is 2.90. The van der Waals surface area contributed by atoms with E-state index >= 15 is 0 Å². The molecule has 0 aliphatic heterocycles. The van der Waals surface area contributed by atoms with Crippen LogP contribution in [0.1, 0.15) is 5.56 Å². The van der Waals surface area contributed by atoms with Crippen molar-refractivity contribution >= 4 is 43.4 Å². The Bertz CT molecular complexity index is 591. The van der Waals surface area contributed by atoms with Crippen LogP contribution in [0.15, 0.2) is 21.5 Å². The van der Waals surface area contributed by atoms with Gasteiger partial charge in [0.05, 0.1) is 4.90 Å². The topological polar surface area (TPSA) is 72.2 Å². The zero-order valence-electron chi connectivity index (χ0n) is 10.3. The highest BCUT2D eigenvalue weighted by Gasteiger charge is 2.28. The minimum atomic E-state index is -4.37. The van der Waals surface area contributed by atoms with Gasteiger partial charge in [0.15, 0.2) is 0 Å². The highest BCUT2D eigenvalue weighted by atomic mass is 79.9. The molecule has 1 aromatic carbocycles. The lowest BCUT2D eigenvalue weighted by atomic mass is 10.2. The third-order valence-electron chi connectivity index (χ3n) is 2.31. The molecule has 3 N–H and O–H groups in total. The minimum absolute atomic E-state index is 0.0543. The fourth-order valence-electron chi connectivity index (χ4n) is 1.37. The van der Waals surface area contributed by atoms with Crippen molar-refractivity contribution < 1.29 is 21.6 Å². The number of nitrogens with two attached hydrogens (primary N) is 1. The summed E-state index contributed by atoms with van der Waals surface area (Å²) < 4.78 is 62.4. The first kappa shape index (κ1) is 17.6. The number of rotatable bonds is 5. The van der Waals surface area contributed by atoms with E-state index in [-0.39, 0.29) is 28.9 Å². The van der Waals surface area contributed by atoms with Crippen molar-refractivity contribution in [3.8, 4) is 0 Å². The molecule has 0 aliphatic carbocycles. The highest BCUT2D eigenvalue weighted by Crippen LogP contribution is 2.30. The average Bonchev–Trinajstić information content (AvgIpc) is 2.28. The molecule has 0 spiro atoms. The molecule has 0 saturated heterocycles. The molecule has 0 saturated carbocycles. The molecule has 0 heterocycles. The van der Waals surface area contributed by atoms with Crippen molar-refractivity contribution in [1.82, 2.24) is 4.72 Å². The molecule has 0 amide bonds. The number of benzene rings is 1. The molecule has 0 fully saturated rings. The van der Waals surface area contributed by atoms with Gasteiger partial charge in [0.2, 0.25) is 10.0 Å². The number of alkyl halides is 3. The Labute approximate surface area is 127 Å². The first-order chi connectivity index (χ1) is 9.03. The van der Waals surface area contributed by atoms with Crippen molar-refractivity contribution in [2.45, 2.75) is 17.3 Å². The van der Waals surface area contributed by atoms with Crippen LogP contribution >= 0.6 is 27.7 Å². The number of thioether (sulfide) groups is 1. The fraction of sp³-hybridized carbons (Fsp3) is 0.400. The van der Waals surface area contributed by atoms with Gasteiger partial charge in [-0.25, -0.2) is 13.1 Å². The zero-order valence-corrected chi connectivity index (χ0v) is 13.5. The molecule has 20 heavy (non-hydrogen) atoms. The molecule has 0 aliphatic rings. The van der Waals surface area contributed by atoms with Crippen LogP contribution in [0.5, 0.6) is 0 Å². The van der Waals surface area contributed by atoms with E-state index in [1.54, 1.807) is 6.07 Å². The molecular formula is C10H12BrF3N2O2S2. The normalized spacial score (nSPS) is 12.7. The maximum absolute atomic E-state index is 12.0. The third kappa shape index (κ3) is 5.15. The summed E-state index contributed by atoms with van der Waals surface area (Å²) in [5.74, 6) is -0.398. The Balaban J connectivity index is 2.80. The maximum atomic E-state index is 12.0. The highest BCUT2D eigenvalue weighted by molar-refractivity contribution is 9.10. The van der Waals surface area contributed by atoms with Gasteiger partial charge in [0.1, 0.15) is 0 Å². The second kappa shape index (κ2) is 6.54. The van der Waals surface area contributed by atoms with Gasteiger partial charge in [0.25, 0.3) is 0 Å². The van der Waals surface area contributed by atoms with Gasteiger partial charge in [-0.3, -0.25) is 0 Å². The van der Waals surface area contributed by atoms with Gasteiger partial charge in [-0.05, 0) is 36.4 Å². The SMILES string of the molecule is Cc1c(N)cc(Br)cc1S(=O)(=O)NCCSC(F)(F)F. The van der Waals surface area contributed by atoms with Crippen LogP contribution in [0.2, 0.25) is 0 Å². The average molecular weight is 393 g/mol. The van der Waals surface area contributed by atoms with Crippen LogP contribution in [0, 0.1) is 6.92 Å². The molecule has 0 unspecified atom stereocenters. The van der Waals surface area contributed by atoms with Crippen LogP contribution in [0.25, 0.3) is 0 Å². The molecular weight excluding hydrogens is 381 g/mol. The first-order valence-electron chi connectivity index (χ1n) is 5.29. The Kier molecular flexibility index (Phi) is 5.76. The number of sulfonamides is 1. The summed E-state index contributed by atoms with van der Waals surface area (Å²) in [7, 11) is -3.89. The van der Waals surface area contributed by atoms with E-state index in [2.05, 4.69) is 20.7 Å². The molecule has 114 valence electrons. The number of anilines is 1. The summed E-state index contributed by atoms with van der Waals surface area (Å²) in [4.78, 5) is -0.0543. The van der Waals surface area contributed by atoms with E-state index in [9.17, 15) is 21.6 Å². The largest absolute Gasteiger partial charge is 0.441 e. The van der Waals surface area contributed by atoms with Crippen LogP contribution in [0.4, 0.5) is 18.9 Å². The second-order valence-electron chi connectivity index (χ2n) is 3.81. The zero-order chi connectivity index (χ0) is 15.6. The van der Waals surface area contributed by atoms with E-state index in [1.807, 2.05) is 0 Å². The molecule has 0 aromatic heterocycles. The lowest BCUT2D eigenvalue weighted by Crippen LogP contribution is -2.27. The first-order valence-corrected chi connectivity index (χ1v) is 8.55. The Morgan fingerprint density at radius 2 is 2.00 bits per heavy atom. The Hall–Kier alpha value is -0.450. The summed E-state index contributed by atoms with van der Waals surface area (Å²) in [5, 5.41) is 0. The van der Waals surface area contributed by atoms with Gasteiger partial charge < -0.3 is 5.73 Å². The summed E-state index contributed by atoms with van der Waals surface area (Å²) in [6.07, 6.45) is 0. The lowest BCUT2D eigenvalue weighted by molar-refractivity contribution is -0.0327. The number of nitrogen functional groups attached to an aromatic ring is 1. The summed E-state index contributed by atoms with van der Waals surface area (Å²) in [5.41, 5.74) is 1.91. The van der Waals surface area contributed by atoms with Gasteiger partial charge in [-0.15, -0.1) is 0 Å². The summed E-state index contributed by atoms with van der Waals surface area (Å²) >= 11 is 2.84. The molecule has 1 aromatic rings.